The predicted octanol–water partition coefficient (Wildman–Crippen LogP) is 25.2. The van der Waals surface area contributed by atoms with E-state index in [0.29, 0.717) is 19.3 Å². The Balaban J connectivity index is 4.28. The fourth-order valence-corrected chi connectivity index (χ4v) is 10.7. The van der Waals surface area contributed by atoms with E-state index in [9.17, 15) is 14.4 Å². The van der Waals surface area contributed by atoms with Crippen molar-refractivity contribution < 1.29 is 28.6 Å². The largest absolute Gasteiger partial charge is 0.462 e. The van der Waals surface area contributed by atoms with Gasteiger partial charge in [-0.2, -0.15) is 0 Å². The highest BCUT2D eigenvalue weighted by Crippen LogP contribution is 2.17. The molecule has 0 aromatic rings. The Morgan fingerprint density at radius 3 is 0.687 bits per heavy atom. The third kappa shape index (κ3) is 69.5. The molecule has 0 saturated heterocycles. The SMILES string of the molecule is CCCCCCC/C=C\C/C=C\C/C=C\CCCCCCCCCCCCCCCCC(=O)OCC(COC(=O)CCCCCCC/C=C\CCCCCCCC)OC(=O)CCCCCCCCCCC/C=C\C/C=C\CCCCCCC. The number of ether oxygens (including phenoxy) is 3. The average molecular weight is 1160 g/mol. The number of allylic oxidation sites excluding steroid dienone is 12. The van der Waals surface area contributed by atoms with E-state index in [-0.39, 0.29) is 31.1 Å². The summed E-state index contributed by atoms with van der Waals surface area (Å²) < 4.78 is 17.0. The van der Waals surface area contributed by atoms with Crippen LogP contribution in [-0.4, -0.2) is 37.2 Å². The number of carbonyl (C=O) groups is 3. The molecule has 0 N–H and O–H groups in total. The molecule has 1 atom stereocenters. The standard InChI is InChI=1S/C77H138O6/c1-4-7-10-13-16-19-22-25-28-30-32-34-35-36-37-38-39-40-41-43-44-46-49-52-55-58-61-64-67-70-76(79)82-73-74(72-81-75(78)69-66-63-60-57-54-51-48-27-24-21-18-15-12-9-6-3)83-77(80)71-68-65-62-59-56-53-50-47-45-42-33-31-29-26-23-20-17-14-11-8-5-2/h22-23,25-27,30-33,35-36,48,74H,4-21,24,28-29,34,37-47,49-73H2,1-3H3/b25-22-,26-23-,32-30-,33-31-,36-35-,48-27-. The van der Waals surface area contributed by atoms with Gasteiger partial charge >= 0.3 is 17.9 Å². The number of unbranched alkanes of at least 4 members (excludes halogenated alkanes) is 44. The minimum Gasteiger partial charge on any atom is -0.462 e. The number of hydrogen-bond donors (Lipinski definition) is 0. The zero-order valence-electron chi connectivity index (χ0n) is 55.5. The maximum Gasteiger partial charge on any atom is 0.306 e. The van der Waals surface area contributed by atoms with Crippen molar-refractivity contribution in [3.63, 3.8) is 0 Å². The van der Waals surface area contributed by atoms with Crippen molar-refractivity contribution in [1.82, 2.24) is 0 Å². The topological polar surface area (TPSA) is 78.9 Å². The maximum atomic E-state index is 13.0. The number of carbonyl (C=O) groups excluding carboxylic acids is 3. The first-order valence-electron chi connectivity index (χ1n) is 36.4. The van der Waals surface area contributed by atoms with E-state index in [1.165, 1.54) is 257 Å². The van der Waals surface area contributed by atoms with Crippen LogP contribution < -0.4 is 0 Å². The van der Waals surface area contributed by atoms with Crippen LogP contribution in [0.4, 0.5) is 0 Å². The molecule has 0 radical (unpaired) electrons. The highest BCUT2D eigenvalue weighted by Gasteiger charge is 2.19. The summed E-state index contributed by atoms with van der Waals surface area (Å²) in [5.41, 5.74) is 0. The Kier molecular flexibility index (Phi) is 68.6. The van der Waals surface area contributed by atoms with E-state index in [1.54, 1.807) is 0 Å². The van der Waals surface area contributed by atoms with Gasteiger partial charge < -0.3 is 14.2 Å². The zero-order valence-corrected chi connectivity index (χ0v) is 55.5. The van der Waals surface area contributed by atoms with Gasteiger partial charge in [-0.25, -0.2) is 0 Å². The summed E-state index contributed by atoms with van der Waals surface area (Å²) in [5.74, 6) is -0.869. The molecule has 0 aliphatic heterocycles. The number of esters is 3. The first-order valence-corrected chi connectivity index (χ1v) is 36.4. The summed E-state index contributed by atoms with van der Waals surface area (Å²) in [5, 5.41) is 0. The molecule has 0 aliphatic rings. The summed E-state index contributed by atoms with van der Waals surface area (Å²) in [6, 6.07) is 0. The van der Waals surface area contributed by atoms with Gasteiger partial charge in [-0.15, -0.1) is 0 Å². The van der Waals surface area contributed by atoms with E-state index >= 15 is 0 Å². The van der Waals surface area contributed by atoms with Crippen molar-refractivity contribution in [3.05, 3.63) is 72.9 Å². The molecule has 0 aliphatic carbocycles. The summed E-state index contributed by atoms with van der Waals surface area (Å²) in [6.07, 6.45) is 93.6. The Morgan fingerprint density at radius 1 is 0.241 bits per heavy atom. The van der Waals surface area contributed by atoms with Gasteiger partial charge in [0.1, 0.15) is 13.2 Å². The lowest BCUT2D eigenvalue weighted by atomic mass is 10.0. The molecule has 0 rings (SSSR count). The van der Waals surface area contributed by atoms with Crippen LogP contribution in [0, 0.1) is 0 Å². The molecule has 0 aromatic heterocycles. The highest BCUT2D eigenvalue weighted by atomic mass is 16.6. The quantitative estimate of drug-likeness (QED) is 0.0261. The molecule has 0 aromatic carbocycles. The fourth-order valence-electron chi connectivity index (χ4n) is 10.7. The van der Waals surface area contributed by atoms with Crippen molar-refractivity contribution in [2.24, 2.45) is 0 Å². The minimum atomic E-state index is -0.783. The second-order valence-electron chi connectivity index (χ2n) is 24.5. The summed E-state index contributed by atoms with van der Waals surface area (Å²) in [7, 11) is 0. The third-order valence-electron chi connectivity index (χ3n) is 16.2. The molecule has 6 heteroatoms. The van der Waals surface area contributed by atoms with Crippen LogP contribution in [0.15, 0.2) is 72.9 Å². The van der Waals surface area contributed by atoms with Crippen LogP contribution >= 0.6 is 0 Å². The average Bonchev–Trinajstić information content (AvgIpc) is 3.49. The molecule has 6 nitrogen and oxygen atoms in total. The normalized spacial score (nSPS) is 12.5. The molecule has 83 heavy (non-hydrogen) atoms. The highest BCUT2D eigenvalue weighted by molar-refractivity contribution is 5.71. The summed E-state index contributed by atoms with van der Waals surface area (Å²) in [4.78, 5) is 38.5. The van der Waals surface area contributed by atoms with Crippen molar-refractivity contribution in [2.75, 3.05) is 13.2 Å². The molecule has 0 amide bonds. The van der Waals surface area contributed by atoms with Crippen molar-refractivity contribution in [1.29, 1.82) is 0 Å². The first-order chi connectivity index (χ1) is 41.0. The van der Waals surface area contributed by atoms with Crippen LogP contribution in [0.1, 0.15) is 380 Å². The van der Waals surface area contributed by atoms with Gasteiger partial charge in [0.15, 0.2) is 6.10 Å². The smallest absolute Gasteiger partial charge is 0.306 e. The Labute approximate surface area is 516 Å². The van der Waals surface area contributed by atoms with Crippen molar-refractivity contribution in [3.8, 4) is 0 Å². The lowest BCUT2D eigenvalue weighted by molar-refractivity contribution is -0.167. The van der Waals surface area contributed by atoms with Gasteiger partial charge in [-0.3, -0.25) is 14.4 Å². The Bertz CT molecular complexity index is 1520. The zero-order chi connectivity index (χ0) is 59.9. The van der Waals surface area contributed by atoms with Crippen molar-refractivity contribution in [2.45, 2.75) is 386 Å². The van der Waals surface area contributed by atoms with E-state index in [4.69, 9.17) is 14.2 Å². The third-order valence-corrected chi connectivity index (χ3v) is 16.2. The van der Waals surface area contributed by atoms with Crippen LogP contribution in [0.5, 0.6) is 0 Å². The molecule has 0 saturated carbocycles. The monoisotopic (exact) mass is 1160 g/mol. The second-order valence-corrected chi connectivity index (χ2v) is 24.5. The fraction of sp³-hybridized carbons (Fsp3) is 0.805. The molecule has 1 unspecified atom stereocenters. The van der Waals surface area contributed by atoms with Crippen LogP contribution in [-0.2, 0) is 28.6 Å². The summed E-state index contributed by atoms with van der Waals surface area (Å²) in [6.45, 7) is 6.66. The van der Waals surface area contributed by atoms with Gasteiger partial charge in [0.05, 0.1) is 0 Å². The van der Waals surface area contributed by atoms with Gasteiger partial charge in [0.25, 0.3) is 0 Å². The molecular weight excluding hydrogens is 1020 g/mol. The Morgan fingerprint density at radius 2 is 0.434 bits per heavy atom. The van der Waals surface area contributed by atoms with E-state index in [1.807, 2.05) is 0 Å². The van der Waals surface area contributed by atoms with Crippen LogP contribution in [0.2, 0.25) is 0 Å². The maximum absolute atomic E-state index is 13.0. The molecule has 482 valence electrons. The lowest BCUT2D eigenvalue weighted by Gasteiger charge is -2.18. The molecular formula is C77H138O6. The predicted molar refractivity (Wildman–Crippen MR) is 362 cm³/mol. The second kappa shape index (κ2) is 71.3. The minimum absolute atomic E-state index is 0.0773. The van der Waals surface area contributed by atoms with Crippen LogP contribution in [0.25, 0.3) is 0 Å². The number of hydrogen-bond acceptors (Lipinski definition) is 6. The molecule has 0 spiro atoms. The van der Waals surface area contributed by atoms with E-state index in [0.717, 1.165) is 83.5 Å². The van der Waals surface area contributed by atoms with Gasteiger partial charge in [-0.1, -0.05) is 318 Å². The van der Waals surface area contributed by atoms with E-state index < -0.39 is 6.10 Å². The molecule has 0 bridgehead atoms. The van der Waals surface area contributed by atoms with Crippen molar-refractivity contribution >= 4 is 17.9 Å². The van der Waals surface area contributed by atoms with Gasteiger partial charge in [0.2, 0.25) is 0 Å². The molecule has 0 fully saturated rings. The first kappa shape index (κ1) is 79.8. The Hall–Kier alpha value is -3.15. The van der Waals surface area contributed by atoms with E-state index in [2.05, 4.69) is 93.7 Å². The molecule has 0 heterocycles. The number of rotatable bonds is 67. The van der Waals surface area contributed by atoms with Crippen LogP contribution in [0.3, 0.4) is 0 Å². The van der Waals surface area contributed by atoms with Gasteiger partial charge in [-0.05, 0) is 116 Å². The van der Waals surface area contributed by atoms with Gasteiger partial charge in [0, 0.05) is 19.3 Å². The summed E-state index contributed by atoms with van der Waals surface area (Å²) >= 11 is 0. The lowest BCUT2D eigenvalue weighted by Crippen LogP contribution is -2.30.